The van der Waals surface area contributed by atoms with Gasteiger partial charge in [-0.05, 0) is 31.2 Å². The van der Waals surface area contributed by atoms with Gasteiger partial charge in [-0.25, -0.2) is 4.99 Å². The molecule has 0 unspecified atom stereocenters. The zero-order valence-electron chi connectivity index (χ0n) is 15.6. The van der Waals surface area contributed by atoms with Crippen molar-refractivity contribution in [2.45, 2.75) is 45.1 Å². The van der Waals surface area contributed by atoms with E-state index in [1.807, 2.05) is 16.9 Å². The van der Waals surface area contributed by atoms with Crippen molar-refractivity contribution in [2.75, 3.05) is 33.7 Å². The average Bonchev–Trinajstić information content (AvgIpc) is 3.14. The van der Waals surface area contributed by atoms with Crippen molar-refractivity contribution in [3.05, 3.63) is 18.5 Å². The first-order chi connectivity index (χ1) is 12.1. The number of hydrogen-bond acceptors (Lipinski definition) is 3. The highest BCUT2D eigenvalue weighted by atomic mass is 16.2. The third kappa shape index (κ3) is 7.58. The average molecular weight is 348 g/mol. The van der Waals surface area contributed by atoms with Gasteiger partial charge in [-0.1, -0.05) is 19.3 Å². The van der Waals surface area contributed by atoms with Crippen molar-refractivity contribution < 1.29 is 4.79 Å². The smallest absolute Gasteiger partial charge is 0.243 e. The summed E-state index contributed by atoms with van der Waals surface area (Å²) in [6.07, 6.45) is 11.3. The van der Waals surface area contributed by atoms with E-state index in [0.717, 1.165) is 37.9 Å². The minimum atomic E-state index is 0.00954. The molecule has 1 aromatic rings. The minimum Gasteiger partial charge on any atom is -0.356 e. The molecule has 1 fully saturated rings. The van der Waals surface area contributed by atoms with E-state index < -0.39 is 0 Å². The number of nitrogens with zero attached hydrogens (tertiary/aromatic N) is 4. The van der Waals surface area contributed by atoms with Crippen molar-refractivity contribution in [3.8, 4) is 0 Å². The molecule has 0 bridgehead atoms. The quantitative estimate of drug-likeness (QED) is 0.424. The second kappa shape index (κ2) is 10.7. The number of carbonyl (C=O) groups is 1. The molecule has 1 saturated carbocycles. The fraction of sp³-hybridized carbons (Fsp3) is 0.722. The Balaban J connectivity index is 1.77. The van der Waals surface area contributed by atoms with E-state index in [1.54, 1.807) is 25.2 Å². The Morgan fingerprint density at radius 3 is 2.76 bits per heavy atom. The predicted octanol–water partition coefficient (Wildman–Crippen LogP) is 1.48. The summed E-state index contributed by atoms with van der Waals surface area (Å²) in [4.78, 5) is 17.8. The fourth-order valence-corrected chi connectivity index (χ4v) is 2.98. The van der Waals surface area contributed by atoms with Gasteiger partial charge in [-0.3, -0.25) is 9.48 Å². The summed E-state index contributed by atoms with van der Waals surface area (Å²) in [5, 5.41) is 11.0. The number of rotatable bonds is 8. The molecule has 1 amide bonds. The van der Waals surface area contributed by atoms with Gasteiger partial charge in [-0.2, -0.15) is 5.10 Å². The van der Waals surface area contributed by atoms with Crippen LogP contribution >= 0.6 is 0 Å². The number of nitrogens with one attached hydrogen (secondary N) is 2. The highest BCUT2D eigenvalue weighted by Crippen LogP contribution is 2.22. The van der Waals surface area contributed by atoms with Crippen molar-refractivity contribution in [1.82, 2.24) is 25.3 Å². The second-order valence-corrected chi connectivity index (χ2v) is 6.89. The molecule has 0 spiro atoms. The summed E-state index contributed by atoms with van der Waals surface area (Å²) in [5.74, 6) is 1.46. The molecule has 7 heteroatoms. The van der Waals surface area contributed by atoms with Gasteiger partial charge in [0.1, 0.15) is 6.54 Å². The van der Waals surface area contributed by atoms with E-state index in [1.165, 1.54) is 32.1 Å². The van der Waals surface area contributed by atoms with Crippen LogP contribution < -0.4 is 10.6 Å². The van der Waals surface area contributed by atoms with Gasteiger partial charge in [-0.15, -0.1) is 0 Å². The number of aromatic nitrogens is 2. The molecular weight excluding hydrogens is 316 g/mol. The Kier molecular flexibility index (Phi) is 8.28. The van der Waals surface area contributed by atoms with Crippen LogP contribution in [0, 0.1) is 5.92 Å². The van der Waals surface area contributed by atoms with Gasteiger partial charge in [0.15, 0.2) is 5.96 Å². The maximum absolute atomic E-state index is 11.8. The highest BCUT2D eigenvalue weighted by molar-refractivity contribution is 5.84. The van der Waals surface area contributed by atoms with Crippen LogP contribution in [0.2, 0.25) is 0 Å². The molecule has 25 heavy (non-hydrogen) atoms. The highest BCUT2D eigenvalue weighted by Gasteiger charge is 2.14. The SMILES string of the molecule is CN(C)C(=O)CN=C(NCCCn1cccn1)NCC1CCCCC1. The van der Waals surface area contributed by atoms with E-state index in [-0.39, 0.29) is 12.5 Å². The number of guanidine groups is 1. The molecule has 1 heterocycles. The summed E-state index contributed by atoms with van der Waals surface area (Å²) in [6, 6.07) is 1.93. The topological polar surface area (TPSA) is 74.5 Å². The van der Waals surface area contributed by atoms with E-state index in [0.29, 0.717) is 0 Å². The molecule has 7 nitrogen and oxygen atoms in total. The molecular formula is C18H32N6O. The van der Waals surface area contributed by atoms with Gasteiger partial charge in [0.05, 0.1) is 0 Å². The molecule has 140 valence electrons. The van der Waals surface area contributed by atoms with E-state index in [9.17, 15) is 4.79 Å². The normalized spacial score (nSPS) is 15.8. The van der Waals surface area contributed by atoms with Gasteiger partial charge in [0.25, 0.3) is 0 Å². The number of aliphatic imine (C=N–C) groups is 1. The lowest BCUT2D eigenvalue weighted by Crippen LogP contribution is -2.41. The van der Waals surface area contributed by atoms with Crippen LogP contribution in [0.1, 0.15) is 38.5 Å². The maximum atomic E-state index is 11.8. The molecule has 0 atom stereocenters. The summed E-state index contributed by atoms with van der Waals surface area (Å²) < 4.78 is 1.92. The minimum absolute atomic E-state index is 0.00954. The van der Waals surface area contributed by atoms with Crippen LogP contribution in [0.4, 0.5) is 0 Å². The molecule has 2 rings (SSSR count). The fourth-order valence-electron chi connectivity index (χ4n) is 2.98. The van der Waals surface area contributed by atoms with Crippen molar-refractivity contribution in [3.63, 3.8) is 0 Å². The Labute approximate surface area is 150 Å². The number of amides is 1. The molecule has 1 aromatic heterocycles. The number of aryl methyl sites for hydroxylation is 1. The molecule has 0 aromatic carbocycles. The largest absolute Gasteiger partial charge is 0.356 e. The van der Waals surface area contributed by atoms with Gasteiger partial charge in [0.2, 0.25) is 5.91 Å². The Hall–Kier alpha value is -2.05. The van der Waals surface area contributed by atoms with Gasteiger partial charge in [0, 0.05) is 46.1 Å². The third-order valence-electron chi connectivity index (χ3n) is 4.57. The first-order valence-electron chi connectivity index (χ1n) is 9.35. The first kappa shape index (κ1) is 19.3. The lowest BCUT2D eigenvalue weighted by atomic mass is 9.89. The molecule has 1 aliphatic rings. The summed E-state index contributed by atoms with van der Waals surface area (Å²) in [5.41, 5.74) is 0. The van der Waals surface area contributed by atoms with Crippen LogP contribution in [0.15, 0.2) is 23.5 Å². The first-order valence-corrected chi connectivity index (χ1v) is 9.35. The second-order valence-electron chi connectivity index (χ2n) is 6.89. The Morgan fingerprint density at radius 2 is 2.08 bits per heavy atom. The van der Waals surface area contributed by atoms with E-state index in [2.05, 4.69) is 20.7 Å². The molecule has 0 radical (unpaired) electrons. The molecule has 0 saturated heterocycles. The van der Waals surface area contributed by atoms with Crippen LogP contribution in [-0.4, -0.2) is 60.3 Å². The monoisotopic (exact) mass is 348 g/mol. The summed E-state index contributed by atoms with van der Waals surface area (Å²) >= 11 is 0. The number of likely N-dealkylation sites (N-methyl/N-ethyl adjacent to an activating group) is 1. The van der Waals surface area contributed by atoms with Crippen LogP contribution in [0.3, 0.4) is 0 Å². The van der Waals surface area contributed by atoms with E-state index in [4.69, 9.17) is 0 Å². The lowest BCUT2D eigenvalue weighted by molar-refractivity contribution is -0.127. The van der Waals surface area contributed by atoms with Crippen molar-refractivity contribution >= 4 is 11.9 Å². The van der Waals surface area contributed by atoms with Gasteiger partial charge >= 0.3 is 0 Å². The Morgan fingerprint density at radius 1 is 1.28 bits per heavy atom. The molecule has 1 aliphatic carbocycles. The van der Waals surface area contributed by atoms with E-state index >= 15 is 0 Å². The van der Waals surface area contributed by atoms with Crippen molar-refractivity contribution in [2.24, 2.45) is 10.9 Å². The zero-order chi connectivity index (χ0) is 17.9. The van der Waals surface area contributed by atoms with Gasteiger partial charge < -0.3 is 15.5 Å². The third-order valence-corrected chi connectivity index (χ3v) is 4.57. The lowest BCUT2D eigenvalue weighted by Gasteiger charge is -2.23. The molecule has 0 aliphatic heterocycles. The zero-order valence-corrected chi connectivity index (χ0v) is 15.6. The molecule has 2 N–H and O–H groups in total. The van der Waals surface area contributed by atoms with Crippen molar-refractivity contribution in [1.29, 1.82) is 0 Å². The van der Waals surface area contributed by atoms with Crippen LogP contribution in [0.5, 0.6) is 0 Å². The maximum Gasteiger partial charge on any atom is 0.243 e. The number of carbonyl (C=O) groups excluding carboxylic acids is 1. The summed E-state index contributed by atoms with van der Waals surface area (Å²) in [7, 11) is 3.51. The van der Waals surface area contributed by atoms with Crippen LogP contribution in [-0.2, 0) is 11.3 Å². The summed E-state index contributed by atoms with van der Waals surface area (Å²) in [6.45, 7) is 2.77. The van der Waals surface area contributed by atoms with Crippen LogP contribution in [0.25, 0.3) is 0 Å². The standard InChI is InChI=1S/C18H32N6O/c1-23(2)17(25)15-21-18(20-14-16-8-4-3-5-9-16)19-10-6-12-24-13-7-11-22-24/h7,11,13,16H,3-6,8-10,12,14-15H2,1-2H3,(H2,19,20,21). The number of hydrogen-bond donors (Lipinski definition) is 2. The predicted molar refractivity (Wildman–Crippen MR) is 100 cm³/mol. The Bertz CT molecular complexity index is 520.